The molecular weight excluding hydrogens is 212 g/mol. The molecule has 0 radical (unpaired) electrons. The monoisotopic (exact) mass is 230 g/mol. The summed E-state index contributed by atoms with van der Waals surface area (Å²) in [5, 5.41) is 12.2. The molecule has 2 heterocycles. The summed E-state index contributed by atoms with van der Waals surface area (Å²) in [5.41, 5.74) is 0.612. The van der Waals surface area contributed by atoms with Gasteiger partial charge in [0.05, 0.1) is 5.56 Å². The molecule has 0 spiro atoms. The molecule has 1 fully saturated rings. The van der Waals surface area contributed by atoms with Gasteiger partial charge in [0.2, 0.25) is 0 Å². The number of anilines is 1. The van der Waals surface area contributed by atoms with Crippen LogP contribution in [0.4, 0.5) is 5.82 Å². The lowest BCUT2D eigenvalue weighted by Crippen LogP contribution is -2.35. The first-order chi connectivity index (χ1) is 8.31. The third kappa shape index (κ3) is 2.95. The van der Waals surface area contributed by atoms with E-state index in [-0.39, 0.29) is 0 Å². The number of hydrogen-bond acceptors (Lipinski definition) is 4. The van der Waals surface area contributed by atoms with Gasteiger partial charge in [-0.15, -0.1) is 0 Å². The quantitative estimate of drug-likeness (QED) is 0.857. The predicted octanol–water partition coefficient (Wildman–Crippen LogP) is 1.85. The molecule has 1 saturated heterocycles. The fourth-order valence-corrected chi connectivity index (χ4v) is 2.19. The maximum atomic E-state index is 8.95. The standard InChI is InChI=1S/C13H18N4/c1-11(17-7-2-3-8-17)10-16-13-12(9-14)5-4-6-15-13/h4-6,11H,2-3,7-8,10H2,1H3,(H,15,16). The average molecular weight is 230 g/mol. The predicted molar refractivity (Wildman–Crippen MR) is 67.7 cm³/mol. The lowest BCUT2D eigenvalue weighted by atomic mass is 10.2. The summed E-state index contributed by atoms with van der Waals surface area (Å²) in [6.45, 7) is 5.44. The first-order valence-electron chi connectivity index (χ1n) is 6.14. The maximum absolute atomic E-state index is 8.95. The molecule has 1 aliphatic rings. The van der Waals surface area contributed by atoms with Crippen LogP contribution in [0.15, 0.2) is 18.3 Å². The molecule has 0 amide bonds. The fourth-order valence-electron chi connectivity index (χ4n) is 2.19. The van der Waals surface area contributed by atoms with Gasteiger partial charge in [-0.2, -0.15) is 5.26 Å². The molecule has 17 heavy (non-hydrogen) atoms. The average Bonchev–Trinajstić information content (AvgIpc) is 2.90. The topological polar surface area (TPSA) is 52.0 Å². The zero-order valence-corrected chi connectivity index (χ0v) is 10.2. The smallest absolute Gasteiger partial charge is 0.143 e. The number of nitrogens with one attached hydrogen (secondary N) is 1. The number of rotatable bonds is 4. The first-order valence-corrected chi connectivity index (χ1v) is 6.14. The summed E-state index contributed by atoms with van der Waals surface area (Å²) < 4.78 is 0. The molecule has 90 valence electrons. The van der Waals surface area contributed by atoms with Gasteiger partial charge in [0.15, 0.2) is 0 Å². The summed E-state index contributed by atoms with van der Waals surface area (Å²) in [7, 11) is 0. The van der Waals surface area contributed by atoms with E-state index in [2.05, 4.69) is 28.2 Å². The summed E-state index contributed by atoms with van der Waals surface area (Å²) in [6, 6.07) is 6.21. The Kier molecular flexibility index (Phi) is 3.94. The molecule has 1 unspecified atom stereocenters. The number of pyridine rings is 1. The lowest BCUT2D eigenvalue weighted by Gasteiger charge is -2.24. The van der Waals surface area contributed by atoms with Gasteiger partial charge in [-0.3, -0.25) is 4.90 Å². The van der Waals surface area contributed by atoms with Gasteiger partial charge >= 0.3 is 0 Å². The highest BCUT2D eigenvalue weighted by atomic mass is 15.2. The molecule has 0 bridgehead atoms. The van der Waals surface area contributed by atoms with Gasteiger partial charge in [-0.1, -0.05) is 0 Å². The lowest BCUT2D eigenvalue weighted by molar-refractivity contribution is 0.269. The van der Waals surface area contributed by atoms with Crippen molar-refractivity contribution in [3.8, 4) is 6.07 Å². The molecule has 0 saturated carbocycles. The Hall–Kier alpha value is -1.60. The number of hydrogen-bond donors (Lipinski definition) is 1. The Morgan fingerprint density at radius 2 is 2.29 bits per heavy atom. The van der Waals surface area contributed by atoms with Gasteiger partial charge in [0.25, 0.3) is 0 Å². The normalized spacial score (nSPS) is 17.6. The zero-order valence-electron chi connectivity index (χ0n) is 10.2. The van der Waals surface area contributed by atoms with Crippen LogP contribution in [0.5, 0.6) is 0 Å². The zero-order chi connectivity index (χ0) is 12.1. The highest BCUT2D eigenvalue weighted by Crippen LogP contribution is 2.13. The van der Waals surface area contributed by atoms with Crippen molar-refractivity contribution in [2.45, 2.75) is 25.8 Å². The van der Waals surface area contributed by atoms with Gasteiger partial charge < -0.3 is 5.32 Å². The van der Waals surface area contributed by atoms with Gasteiger partial charge in [0.1, 0.15) is 11.9 Å². The maximum Gasteiger partial charge on any atom is 0.143 e. The number of likely N-dealkylation sites (tertiary alicyclic amines) is 1. The number of aromatic nitrogens is 1. The minimum atomic E-state index is 0.492. The van der Waals surface area contributed by atoms with E-state index in [4.69, 9.17) is 5.26 Å². The molecule has 0 aliphatic carbocycles. The first kappa shape index (κ1) is 11.9. The molecule has 1 aromatic heterocycles. The van der Waals surface area contributed by atoms with Crippen LogP contribution >= 0.6 is 0 Å². The molecule has 4 heteroatoms. The molecule has 1 aromatic rings. The highest BCUT2D eigenvalue weighted by molar-refractivity contribution is 5.51. The minimum absolute atomic E-state index is 0.492. The molecule has 0 aromatic carbocycles. The number of nitrogens with zero attached hydrogens (tertiary/aromatic N) is 3. The van der Waals surface area contributed by atoms with Crippen molar-refractivity contribution in [2.75, 3.05) is 25.0 Å². The molecule has 2 rings (SSSR count). The molecule has 1 aliphatic heterocycles. The van der Waals surface area contributed by atoms with E-state index < -0.39 is 0 Å². The van der Waals surface area contributed by atoms with Crippen LogP contribution in [0.25, 0.3) is 0 Å². The van der Waals surface area contributed by atoms with Crippen LogP contribution in [0.3, 0.4) is 0 Å². The van der Waals surface area contributed by atoms with Crippen molar-refractivity contribution in [3.63, 3.8) is 0 Å². The van der Waals surface area contributed by atoms with Crippen LogP contribution in [-0.4, -0.2) is 35.6 Å². The molecule has 1 N–H and O–H groups in total. The highest BCUT2D eigenvalue weighted by Gasteiger charge is 2.17. The Balaban J connectivity index is 1.91. The Labute approximate surface area is 102 Å². The van der Waals surface area contributed by atoms with Crippen LogP contribution in [0, 0.1) is 11.3 Å². The third-order valence-electron chi connectivity index (χ3n) is 3.26. The van der Waals surface area contributed by atoms with E-state index in [1.54, 1.807) is 18.3 Å². The second kappa shape index (κ2) is 5.65. The van der Waals surface area contributed by atoms with Crippen LogP contribution in [0.1, 0.15) is 25.3 Å². The largest absolute Gasteiger partial charge is 0.367 e. The summed E-state index contributed by atoms with van der Waals surface area (Å²) in [5.74, 6) is 0.695. The van der Waals surface area contributed by atoms with E-state index in [0.29, 0.717) is 17.4 Å². The number of nitriles is 1. The summed E-state index contributed by atoms with van der Waals surface area (Å²) in [6.07, 6.45) is 4.32. The van der Waals surface area contributed by atoms with Gasteiger partial charge in [-0.25, -0.2) is 4.98 Å². The van der Waals surface area contributed by atoms with E-state index >= 15 is 0 Å². The Morgan fingerprint density at radius 1 is 1.53 bits per heavy atom. The minimum Gasteiger partial charge on any atom is -0.367 e. The second-order valence-corrected chi connectivity index (χ2v) is 4.48. The Morgan fingerprint density at radius 3 is 3.00 bits per heavy atom. The molecule has 4 nitrogen and oxygen atoms in total. The SMILES string of the molecule is CC(CNc1ncccc1C#N)N1CCCC1. The summed E-state index contributed by atoms with van der Waals surface area (Å²) in [4.78, 5) is 6.67. The van der Waals surface area contributed by atoms with E-state index in [0.717, 1.165) is 6.54 Å². The molecule has 1 atom stereocenters. The van der Waals surface area contributed by atoms with Crippen molar-refractivity contribution >= 4 is 5.82 Å². The molecular formula is C13H18N4. The van der Waals surface area contributed by atoms with Gasteiger partial charge in [0, 0.05) is 18.8 Å². The van der Waals surface area contributed by atoms with E-state index in [1.807, 2.05) is 0 Å². The van der Waals surface area contributed by atoms with Crippen LogP contribution in [-0.2, 0) is 0 Å². The van der Waals surface area contributed by atoms with Gasteiger partial charge in [-0.05, 0) is 45.0 Å². The third-order valence-corrected chi connectivity index (χ3v) is 3.26. The van der Waals surface area contributed by atoms with Crippen molar-refractivity contribution < 1.29 is 0 Å². The Bertz CT molecular complexity index is 404. The van der Waals surface area contributed by atoms with Crippen molar-refractivity contribution in [3.05, 3.63) is 23.9 Å². The van der Waals surface area contributed by atoms with Crippen molar-refractivity contribution in [1.82, 2.24) is 9.88 Å². The van der Waals surface area contributed by atoms with Crippen molar-refractivity contribution in [2.24, 2.45) is 0 Å². The van der Waals surface area contributed by atoms with Crippen LogP contribution in [0.2, 0.25) is 0 Å². The van der Waals surface area contributed by atoms with E-state index in [1.165, 1.54) is 25.9 Å². The van der Waals surface area contributed by atoms with Crippen molar-refractivity contribution in [1.29, 1.82) is 5.26 Å². The van der Waals surface area contributed by atoms with E-state index in [9.17, 15) is 0 Å². The second-order valence-electron chi connectivity index (χ2n) is 4.48. The summed E-state index contributed by atoms with van der Waals surface area (Å²) >= 11 is 0. The van der Waals surface area contributed by atoms with Crippen LogP contribution < -0.4 is 5.32 Å². The fraction of sp³-hybridized carbons (Fsp3) is 0.538.